The summed E-state index contributed by atoms with van der Waals surface area (Å²) in [6.07, 6.45) is 2.16. The molecule has 3 N–H and O–H groups in total. The highest BCUT2D eigenvalue weighted by Crippen LogP contribution is 2.52. The monoisotopic (exact) mass is 832 g/mol. The van der Waals surface area contributed by atoms with E-state index < -0.39 is 86.0 Å². The van der Waals surface area contributed by atoms with Gasteiger partial charge in [-0.05, 0) is 88.7 Å². The van der Waals surface area contributed by atoms with E-state index in [0.717, 1.165) is 24.2 Å². The van der Waals surface area contributed by atoms with E-state index in [2.05, 4.69) is 25.3 Å². The lowest BCUT2D eigenvalue weighted by atomic mass is 10.0. The number of allylic oxidation sites excluding steroid dienone is 1. The fraction of sp³-hybridized carbons (Fsp3) is 0.641. The van der Waals surface area contributed by atoms with Gasteiger partial charge in [0, 0.05) is 18.4 Å². The van der Waals surface area contributed by atoms with Crippen molar-refractivity contribution in [2.24, 2.45) is 17.8 Å². The number of rotatable bonds is 8. The first-order chi connectivity index (χ1) is 27.5. The molecule has 2 aliphatic heterocycles. The lowest BCUT2D eigenvalue weighted by Crippen LogP contribution is -2.58. The minimum absolute atomic E-state index is 0.0437. The summed E-state index contributed by atoms with van der Waals surface area (Å²) in [4.78, 5) is 65.1. The molecular weight excluding hydrogens is 786 g/mol. The Balaban J connectivity index is 1.10. The molecule has 314 valence electrons. The molecule has 0 bridgehead atoms. The number of carbonyl (C=O) groups is 4. The third-order valence-electron chi connectivity index (χ3n) is 12.6. The largest absolute Gasteiger partial charge is 0.497 e. The van der Waals surface area contributed by atoms with Gasteiger partial charge in [0.1, 0.15) is 35.6 Å². The number of amides is 4. The van der Waals surface area contributed by atoms with Crippen LogP contribution in [0.15, 0.2) is 30.4 Å². The van der Waals surface area contributed by atoms with Crippen LogP contribution in [-0.4, -0.2) is 95.3 Å². The second-order valence-electron chi connectivity index (χ2n) is 16.9. The van der Waals surface area contributed by atoms with Crippen molar-refractivity contribution in [1.82, 2.24) is 30.2 Å². The van der Waals surface area contributed by atoms with Crippen molar-refractivity contribution in [3.8, 4) is 11.6 Å². The maximum atomic E-state index is 14.5. The molecule has 3 heterocycles. The Morgan fingerprint density at radius 1 is 1.00 bits per heavy atom. The van der Waals surface area contributed by atoms with Crippen LogP contribution >= 0.6 is 0 Å². The van der Waals surface area contributed by atoms with E-state index in [1.807, 2.05) is 6.08 Å². The second-order valence-corrected chi connectivity index (χ2v) is 19.1. The molecule has 4 amide bonds. The van der Waals surface area contributed by atoms with Crippen LogP contribution < -0.4 is 24.8 Å². The van der Waals surface area contributed by atoms with Gasteiger partial charge in [0.05, 0.1) is 29.4 Å². The van der Waals surface area contributed by atoms with Crippen molar-refractivity contribution in [1.29, 1.82) is 0 Å². The summed E-state index contributed by atoms with van der Waals surface area (Å²) < 4.78 is 87.4. The van der Waals surface area contributed by atoms with Crippen LogP contribution in [-0.2, 0) is 35.3 Å². The number of methoxy groups -OCH3 is 1. The number of hydrogen-bond acceptors (Lipinski definition) is 11. The van der Waals surface area contributed by atoms with Crippen molar-refractivity contribution in [2.45, 2.75) is 125 Å². The van der Waals surface area contributed by atoms with Gasteiger partial charge in [-0.2, -0.15) is 13.2 Å². The number of nitrogens with one attached hydrogen (secondary N) is 3. The van der Waals surface area contributed by atoms with Crippen molar-refractivity contribution >= 4 is 44.9 Å². The molecule has 4 aliphatic carbocycles. The lowest BCUT2D eigenvalue weighted by Gasteiger charge is -2.30. The summed E-state index contributed by atoms with van der Waals surface area (Å²) in [6.45, 7) is 1.14. The fourth-order valence-electron chi connectivity index (χ4n) is 8.60. The quantitative estimate of drug-likeness (QED) is 0.321. The highest BCUT2D eigenvalue weighted by molar-refractivity contribution is 7.91. The van der Waals surface area contributed by atoms with Crippen LogP contribution in [0.5, 0.6) is 11.6 Å². The number of sulfonamides is 1. The van der Waals surface area contributed by atoms with Crippen molar-refractivity contribution < 1.29 is 55.0 Å². The zero-order chi connectivity index (χ0) is 41.2. The van der Waals surface area contributed by atoms with E-state index in [-0.39, 0.29) is 42.9 Å². The van der Waals surface area contributed by atoms with Gasteiger partial charge >= 0.3 is 12.3 Å². The Morgan fingerprint density at radius 3 is 2.47 bits per heavy atom. The Morgan fingerprint density at radius 2 is 1.76 bits per heavy atom. The zero-order valence-corrected chi connectivity index (χ0v) is 33.0. The number of ether oxygens (including phenoxy) is 3. The van der Waals surface area contributed by atoms with Gasteiger partial charge < -0.3 is 29.7 Å². The number of hydrogen-bond donors (Lipinski definition) is 3. The molecule has 15 nitrogen and oxygen atoms in total. The smallest absolute Gasteiger partial charge is 0.438 e. The molecular formula is C39H47F3N6O9S. The van der Waals surface area contributed by atoms with Crippen LogP contribution in [0, 0.1) is 17.8 Å². The standard InChI is InChI=1S/C39H47F3N6O9S/c1-37(12-13-37)58(53,54)47-35(51)38-19-23(38)8-6-4-3-5-7-9-28(45-36(52)57-25-15-21-14-22(21)16-25)34(50)48-20-26(18-30(48)32(49)46-38)56-33-31(39(40,41)42)43-27-11-10-24(55-2)17-29(27)44-33/h6,8,10-11,17,21-23,25-26,28,30H,3-5,7,9,12-16,18-20H2,1-2H3,(H,45,52)(H,46,49)(H,47,51)/b8-6-/t21-,22+,23-,25?,26-,28+,30+,38-/m1/s1. The minimum Gasteiger partial charge on any atom is -0.497 e. The van der Waals surface area contributed by atoms with E-state index in [0.29, 0.717) is 56.1 Å². The summed E-state index contributed by atoms with van der Waals surface area (Å²) >= 11 is 0. The number of carbonyl (C=O) groups excluding carboxylic acids is 4. The van der Waals surface area contributed by atoms with Crippen molar-refractivity contribution in [3.05, 3.63) is 36.0 Å². The molecule has 4 saturated carbocycles. The van der Waals surface area contributed by atoms with Gasteiger partial charge in [-0.3, -0.25) is 19.1 Å². The Hall–Kier alpha value is -4.68. The molecule has 8 rings (SSSR count). The zero-order valence-electron chi connectivity index (χ0n) is 32.2. The predicted octanol–water partition coefficient (Wildman–Crippen LogP) is 4.29. The van der Waals surface area contributed by atoms with Gasteiger partial charge in [0.2, 0.25) is 33.4 Å². The van der Waals surface area contributed by atoms with E-state index in [4.69, 9.17) is 14.2 Å². The molecule has 1 unspecified atom stereocenters. The van der Waals surface area contributed by atoms with Crippen molar-refractivity contribution in [2.75, 3.05) is 13.7 Å². The molecule has 1 aromatic heterocycles. The summed E-state index contributed by atoms with van der Waals surface area (Å²) in [5.41, 5.74) is -3.11. The molecule has 8 atom stereocenters. The number of fused-ring (bicyclic) bond motifs is 4. The fourth-order valence-corrected chi connectivity index (χ4v) is 9.91. The second kappa shape index (κ2) is 14.9. The molecule has 2 aromatic rings. The molecule has 19 heteroatoms. The molecule has 5 fully saturated rings. The SMILES string of the molecule is COc1ccc2nc(C(F)(F)F)c(O[C@@H]3C[C@H]4C(=O)N[C@]5(C(=O)NS(=O)(=O)C6(C)CC6)C[C@H]5/C=C\CCCCC[C@H](NC(=O)OC5C[C@@H]6C[C@@H]6C5)C(=O)N4C3)nc2c1. The number of halogens is 3. The average molecular weight is 833 g/mol. The van der Waals surface area contributed by atoms with Crippen LogP contribution in [0.1, 0.15) is 89.7 Å². The van der Waals surface area contributed by atoms with Gasteiger partial charge in [-0.15, -0.1) is 0 Å². The van der Waals surface area contributed by atoms with Crippen LogP contribution in [0.25, 0.3) is 11.0 Å². The maximum absolute atomic E-state index is 14.5. The number of alkyl halides is 3. The minimum atomic E-state index is -4.99. The first-order valence-corrected chi connectivity index (χ1v) is 21.4. The topological polar surface area (TPSA) is 195 Å². The summed E-state index contributed by atoms with van der Waals surface area (Å²) in [5, 5.41) is 5.45. The van der Waals surface area contributed by atoms with Crippen LogP contribution in [0.3, 0.4) is 0 Å². The number of nitrogens with zero attached hydrogens (tertiary/aromatic N) is 3. The first kappa shape index (κ1) is 40.1. The molecule has 6 aliphatic rings. The van der Waals surface area contributed by atoms with Crippen LogP contribution in [0.2, 0.25) is 0 Å². The van der Waals surface area contributed by atoms with Gasteiger partial charge in [-0.1, -0.05) is 25.0 Å². The highest BCUT2D eigenvalue weighted by atomic mass is 32.2. The Bertz CT molecular complexity index is 2140. The van der Waals surface area contributed by atoms with E-state index in [1.54, 1.807) is 6.08 Å². The first-order valence-electron chi connectivity index (χ1n) is 19.9. The molecule has 58 heavy (non-hydrogen) atoms. The van der Waals surface area contributed by atoms with Gasteiger partial charge in [-0.25, -0.2) is 23.2 Å². The van der Waals surface area contributed by atoms with Gasteiger partial charge in [0.15, 0.2) is 0 Å². The maximum Gasteiger partial charge on any atom is 0.438 e. The van der Waals surface area contributed by atoms with Crippen molar-refractivity contribution in [3.63, 3.8) is 0 Å². The Labute approximate surface area is 333 Å². The molecule has 0 spiro atoms. The van der Waals surface area contributed by atoms with E-state index in [1.165, 1.54) is 32.2 Å². The Kier molecular flexibility index (Phi) is 10.3. The van der Waals surface area contributed by atoms with E-state index in [9.17, 15) is 40.8 Å². The lowest BCUT2D eigenvalue weighted by molar-refractivity contribution is -0.143. The van der Waals surface area contributed by atoms with E-state index >= 15 is 0 Å². The number of aromatic nitrogens is 2. The predicted molar refractivity (Wildman–Crippen MR) is 200 cm³/mol. The average Bonchev–Trinajstić information content (AvgIpc) is 4.12. The molecule has 1 saturated heterocycles. The third-order valence-corrected chi connectivity index (χ3v) is 14.8. The number of alkyl carbamates (subject to hydrolysis) is 1. The normalized spacial score (nSPS) is 32.3. The highest BCUT2D eigenvalue weighted by Gasteiger charge is 2.63. The third kappa shape index (κ3) is 8.02. The summed E-state index contributed by atoms with van der Waals surface area (Å²) in [7, 11) is -2.70. The molecule has 1 aromatic carbocycles. The van der Waals surface area contributed by atoms with Crippen LogP contribution in [0.4, 0.5) is 18.0 Å². The van der Waals surface area contributed by atoms with Gasteiger partial charge in [0.25, 0.3) is 5.91 Å². The molecule has 0 radical (unpaired) electrons. The number of benzene rings is 1. The summed E-state index contributed by atoms with van der Waals surface area (Å²) in [6, 6.07) is 1.59. The summed E-state index contributed by atoms with van der Waals surface area (Å²) in [5.74, 6) is -2.50.